The molecule has 3 aromatic rings. The van der Waals surface area contributed by atoms with Crippen molar-refractivity contribution < 1.29 is 13.2 Å². The van der Waals surface area contributed by atoms with Crippen molar-refractivity contribution in [3.05, 3.63) is 58.6 Å². The molecule has 1 saturated heterocycles. The van der Waals surface area contributed by atoms with Crippen molar-refractivity contribution in [3.63, 3.8) is 0 Å². The second-order valence-corrected chi connectivity index (χ2v) is 11.9. The maximum absolute atomic E-state index is 12.9. The number of nitrogens with zero attached hydrogens (tertiary/aromatic N) is 3. The van der Waals surface area contributed by atoms with Gasteiger partial charge in [-0.05, 0) is 81.0 Å². The standard InChI is InChI=1S/C26H32ClN3O3S/c1-18-19(2)30(20(3)28-18)14-10-21-8-12-29(13-9-21)26(31)11-15-34(32,33)25-7-5-22-16-24(27)6-4-23(22)17-25/h4-7,16-17,21H,8-15H2,1-3H3. The Morgan fingerprint density at radius 2 is 1.74 bits per heavy atom. The minimum absolute atomic E-state index is 0.0123. The molecule has 0 N–H and O–H groups in total. The van der Waals surface area contributed by atoms with E-state index < -0.39 is 9.84 Å². The Balaban J connectivity index is 1.28. The van der Waals surface area contributed by atoms with Crippen LogP contribution in [0.5, 0.6) is 0 Å². The van der Waals surface area contributed by atoms with Gasteiger partial charge < -0.3 is 9.47 Å². The van der Waals surface area contributed by atoms with Crippen LogP contribution < -0.4 is 0 Å². The summed E-state index contributed by atoms with van der Waals surface area (Å²) in [5, 5.41) is 2.31. The van der Waals surface area contributed by atoms with Gasteiger partial charge in [0.25, 0.3) is 0 Å². The third-order valence-electron chi connectivity index (χ3n) is 7.09. The largest absolute Gasteiger partial charge is 0.343 e. The molecule has 2 heterocycles. The van der Waals surface area contributed by atoms with Crippen LogP contribution in [0.4, 0.5) is 0 Å². The van der Waals surface area contributed by atoms with Gasteiger partial charge in [-0.2, -0.15) is 0 Å². The molecular weight excluding hydrogens is 470 g/mol. The third kappa shape index (κ3) is 5.47. The monoisotopic (exact) mass is 501 g/mol. The molecule has 4 rings (SSSR count). The average Bonchev–Trinajstić information content (AvgIpc) is 3.06. The van der Waals surface area contributed by atoms with Crippen molar-refractivity contribution in [1.82, 2.24) is 14.5 Å². The van der Waals surface area contributed by atoms with Crippen LogP contribution in [-0.2, 0) is 21.2 Å². The Kier molecular flexibility index (Phi) is 7.33. The molecule has 1 aromatic heterocycles. The van der Waals surface area contributed by atoms with Crippen LogP contribution in [-0.4, -0.2) is 47.6 Å². The highest BCUT2D eigenvalue weighted by Crippen LogP contribution is 2.25. The molecule has 6 nitrogen and oxygen atoms in total. The summed E-state index contributed by atoms with van der Waals surface area (Å²) in [5.41, 5.74) is 2.31. The van der Waals surface area contributed by atoms with E-state index >= 15 is 0 Å². The van der Waals surface area contributed by atoms with E-state index in [0.29, 0.717) is 24.0 Å². The van der Waals surface area contributed by atoms with Crippen molar-refractivity contribution >= 4 is 38.1 Å². The second-order valence-electron chi connectivity index (χ2n) is 9.32. The molecule has 1 aliphatic rings. The highest BCUT2D eigenvalue weighted by molar-refractivity contribution is 7.91. The van der Waals surface area contributed by atoms with E-state index in [2.05, 4.69) is 16.5 Å². The molecule has 0 unspecified atom stereocenters. The van der Waals surface area contributed by atoms with Gasteiger partial charge in [-0.1, -0.05) is 23.7 Å². The number of fused-ring (bicyclic) bond motifs is 1. The molecule has 0 bridgehead atoms. The van der Waals surface area contributed by atoms with Crippen molar-refractivity contribution in [1.29, 1.82) is 0 Å². The Morgan fingerprint density at radius 1 is 1.06 bits per heavy atom. The molecule has 0 radical (unpaired) electrons. The highest BCUT2D eigenvalue weighted by atomic mass is 35.5. The molecule has 34 heavy (non-hydrogen) atoms. The molecule has 1 aliphatic heterocycles. The number of imidazole rings is 1. The number of halogens is 1. The fraction of sp³-hybridized carbons (Fsp3) is 0.462. The molecule has 0 atom stereocenters. The smallest absolute Gasteiger partial charge is 0.223 e. The number of benzene rings is 2. The maximum atomic E-state index is 12.9. The molecule has 2 aromatic carbocycles. The first-order valence-corrected chi connectivity index (χ1v) is 13.9. The van der Waals surface area contributed by atoms with Crippen LogP contribution in [0.1, 0.15) is 42.9 Å². The Labute approximate surface area is 206 Å². The summed E-state index contributed by atoms with van der Waals surface area (Å²) in [4.78, 5) is 19.4. The number of rotatable bonds is 7. The SMILES string of the molecule is Cc1nc(C)n(CCC2CCN(C(=O)CCS(=O)(=O)c3ccc4cc(Cl)ccc4c3)CC2)c1C. The number of aromatic nitrogens is 2. The minimum Gasteiger partial charge on any atom is -0.343 e. The third-order valence-corrected chi connectivity index (χ3v) is 9.04. The van der Waals surface area contributed by atoms with Gasteiger partial charge in [0, 0.05) is 36.8 Å². The van der Waals surface area contributed by atoms with Gasteiger partial charge in [0.1, 0.15) is 5.82 Å². The van der Waals surface area contributed by atoms with E-state index in [0.717, 1.165) is 48.1 Å². The number of carbonyl (C=O) groups excluding carboxylic acids is 1. The number of carbonyl (C=O) groups is 1. The zero-order valence-electron chi connectivity index (χ0n) is 20.1. The van der Waals surface area contributed by atoms with Crippen LogP contribution in [0.15, 0.2) is 41.3 Å². The van der Waals surface area contributed by atoms with Crippen LogP contribution in [0.3, 0.4) is 0 Å². The molecule has 8 heteroatoms. The molecule has 0 spiro atoms. The van der Waals surface area contributed by atoms with E-state index in [1.54, 1.807) is 30.3 Å². The van der Waals surface area contributed by atoms with Crippen molar-refractivity contribution in [2.24, 2.45) is 5.92 Å². The number of amides is 1. The first kappa shape index (κ1) is 24.7. The van der Waals surface area contributed by atoms with E-state index in [4.69, 9.17) is 11.6 Å². The fourth-order valence-electron chi connectivity index (χ4n) is 4.82. The zero-order chi connectivity index (χ0) is 24.5. The van der Waals surface area contributed by atoms with Crippen molar-refractivity contribution in [2.75, 3.05) is 18.8 Å². The Hall–Kier alpha value is -2.38. The van der Waals surface area contributed by atoms with Gasteiger partial charge in [-0.3, -0.25) is 4.79 Å². The number of piperidine rings is 1. The molecule has 0 saturated carbocycles. The van der Waals surface area contributed by atoms with E-state index in [9.17, 15) is 13.2 Å². The van der Waals surface area contributed by atoms with Crippen LogP contribution in [0.25, 0.3) is 10.8 Å². The number of hydrogen-bond acceptors (Lipinski definition) is 4. The number of sulfone groups is 1. The lowest BCUT2D eigenvalue weighted by Crippen LogP contribution is -2.39. The number of likely N-dealkylation sites (tertiary alicyclic amines) is 1. The summed E-state index contributed by atoms with van der Waals surface area (Å²) < 4.78 is 28.0. The predicted molar refractivity (Wildman–Crippen MR) is 136 cm³/mol. The van der Waals surface area contributed by atoms with Gasteiger partial charge in [0.2, 0.25) is 5.91 Å². The van der Waals surface area contributed by atoms with Crippen LogP contribution >= 0.6 is 11.6 Å². The maximum Gasteiger partial charge on any atom is 0.223 e. The van der Waals surface area contributed by atoms with Gasteiger partial charge in [0.05, 0.1) is 16.3 Å². The lowest BCUT2D eigenvalue weighted by molar-refractivity contribution is -0.132. The van der Waals surface area contributed by atoms with Crippen molar-refractivity contribution in [2.45, 2.75) is 57.9 Å². The van der Waals surface area contributed by atoms with E-state index in [1.165, 1.54) is 5.69 Å². The van der Waals surface area contributed by atoms with E-state index in [-0.39, 0.29) is 23.0 Å². The van der Waals surface area contributed by atoms with Gasteiger partial charge in [0.15, 0.2) is 9.84 Å². The normalized spacial score (nSPS) is 15.2. The lowest BCUT2D eigenvalue weighted by atomic mass is 9.93. The topological polar surface area (TPSA) is 72.3 Å². The van der Waals surface area contributed by atoms with Crippen molar-refractivity contribution in [3.8, 4) is 0 Å². The zero-order valence-corrected chi connectivity index (χ0v) is 21.6. The van der Waals surface area contributed by atoms with Gasteiger partial charge in [-0.15, -0.1) is 0 Å². The van der Waals surface area contributed by atoms with E-state index in [1.807, 2.05) is 24.8 Å². The molecular formula is C26H32ClN3O3S. The first-order chi connectivity index (χ1) is 16.1. The van der Waals surface area contributed by atoms with Gasteiger partial charge >= 0.3 is 0 Å². The number of aryl methyl sites for hydroxylation is 2. The lowest BCUT2D eigenvalue weighted by Gasteiger charge is -2.32. The van der Waals surface area contributed by atoms with Gasteiger partial charge in [-0.25, -0.2) is 13.4 Å². The Bertz CT molecular complexity index is 1310. The predicted octanol–water partition coefficient (Wildman–Crippen LogP) is 5.11. The summed E-state index contributed by atoms with van der Waals surface area (Å²) in [5.74, 6) is 1.37. The molecule has 1 fully saturated rings. The summed E-state index contributed by atoms with van der Waals surface area (Å²) in [6.07, 6.45) is 2.99. The average molecular weight is 502 g/mol. The second kappa shape index (κ2) is 10.1. The summed E-state index contributed by atoms with van der Waals surface area (Å²) in [7, 11) is -3.54. The first-order valence-electron chi connectivity index (χ1n) is 11.8. The molecule has 1 amide bonds. The minimum atomic E-state index is -3.54. The Morgan fingerprint density at radius 3 is 2.41 bits per heavy atom. The summed E-state index contributed by atoms with van der Waals surface area (Å²) in [6, 6.07) is 10.4. The highest BCUT2D eigenvalue weighted by Gasteiger charge is 2.25. The quantitative estimate of drug-likeness (QED) is 0.451. The number of hydrogen-bond donors (Lipinski definition) is 0. The summed E-state index contributed by atoms with van der Waals surface area (Å²) >= 11 is 6.01. The fourth-order valence-corrected chi connectivity index (χ4v) is 6.26. The summed E-state index contributed by atoms with van der Waals surface area (Å²) in [6.45, 7) is 8.54. The molecule has 182 valence electrons. The van der Waals surface area contributed by atoms with Crippen LogP contribution in [0, 0.1) is 26.7 Å². The van der Waals surface area contributed by atoms with Crippen LogP contribution in [0.2, 0.25) is 5.02 Å². The molecule has 0 aliphatic carbocycles.